The molecule has 0 aliphatic heterocycles. The molecule has 2 aromatic rings. The first-order chi connectivity index (χ1) is 11.5. The van der Waals surface area contributed by atoms with Gasteiger partial charge in [-0.15, -0.1) is 0 Å². The molecule has 1 heterocycles. The van der Waals surface area contributed by atoms with Crippen LogP contribution in [-0.2, 0) is 4.79 Å². The van der Waals surface area contributed by atoms with Crippen LogP contribution in [0.25, 0.3) is 0 Å². The summed E-state index contributed by atoms with van der Waals surface area (Å²) in [5.74, 6) is -0.253. The van der Waals surface area contributed by atoms with Crippen molar-refractivity contribution in [1.29, 1.82) is 0 Å². The van der Waals surface area contributed by atoms with E-state index in [1.807, 2.05) is 0 Å². The Labute approximate surface area is 137 Å². The van der Waals surface area contributed by atoms with Crippen LogP contribution >= 0.6 is 0 Å². The summed E-state index contributed by atoms with van der Waals surface area (Å²) in [6, 6.07) is 8.33. The number of hydrogen-bond acceptors (Lipinski definition) is 5. The number of nitro groups is 1. The van der Waals surface area contributed by atoms with Crippen LogP contribution in [0.5, 0.6) is 0 Å². The summed E-state index contributed by atoms with van der Waals surface area (Å²) in [6.45, 7) is 0.123. The number of non-ortho nitro benzene ring substituents is 1. The molecule has 0 fully saturated rings. The Hall–Kier alpha value is -3.49. The largest absolute Gasteiger partial charge is 0.337 e. The van der Waals surface area contributed by atoms with Crippen molar-refractivity contribution in [3.63, 3.8) is 0 Å². The van der Waals surface area contributed by atoms with Crippen LogP contribution in [0.1, 0.15) is 6.42 Å². The number of urea groups is 1. The molecule has 0 aliphatic rings. The average molecular weight is 329 g/mol. The van der Waals surface area contributed by atoms with Gasteiger partial charge in [0.15, 0.2) is 0 Å². The zero-order chi connectivity index (χ0) is 17.4. The van der Waals surface area contributed by atoms with Crippen molar-refractivity contribution >= 4 is 29.0 Å². The third kappa shape index (κ3) is 5.37. The van der Waals surface area contributed by atoms with Gasteiger partial charge in [0.05, 0.1) is 4.92 Å². The fourth-order valence-electron chi connectivity index (χ4n) is 1.82. The summed E-state index contributed by atoms with van der Waals surface area (Å²) >= 11 is 0. The molecule has 0 radical (unpaired) electrons. The lowest BCUT2D eigenvalue weighted by Crippen LogP contribution is -2.31. The van der Waals surface area contributed by atoms with Crippen molar-refractivity contribution < 1.29 is 14.5 Å². The molecule has 1 aromatic carbocycles. The van der Waals surface area contributed by atoms with Gasteiger partial charge in [0, 0.05) is 48.9 Å². The van der Waals surface area contributed by atoms with Crippen molar-refractivity contribution in [1.82, 2.24) is 10.3 Å². The molecule has 0 bridgehead atoms. The number of pyridine rings is 1. The molecule has 0 spiro atoms. The van der Waals surface area contributed by atoms with Gasteiger partial charge in [0.1, 0.15) is 0 Å². The minimum absolute atomic E-state index is 0.0880. The lowest BCUT2D eigenvalue weighted by Gasteiger charge is -2.08. The van der Waals surface area contributed by atoms with Crippen molar-refractivity contribution in [3.05, 3.63) is 58.9 Å². The summed E-state index contributed by atoms with van der Waals surface area (Å²) in [7, 11) is 0. The number of carbonyl (C=O) groups is 2. The average Bonchev–Trinajstić information content (AvgIpc) is 2.56. The normalized spacial score (nSPS) is 9.83. The van der Waals surface area contributed by atoms with E-state index in [9.17, 15) is 19.7 Å². The Balaban J connectivity index is 1.74. The van der Waals surface area contributed by atoms with Crippen LogP contribution in [0.4, 0.5) is 21.9 Å². The molecule has 1 aromatic heterocycles. The number of nitrogens with one attached hydrogen (secondary N) is 3. The smallest absolute Gasteiger partial charge is 0.319 e. The fourth-order valence-corrected chi connectivity index (χ4v) is 1.82. The maximum Gasteiger partial charge on any atom is 0.319 e. The van der Waals surface area contributed by atoms with E-state index in [0.29, 0.717) is 11.4 Å². The van der Waals surface area contributed by atoms with E-state index in [0.717, 1.165) is 0 Å². The number of aromatic nitrogens is 1. The monoisotopic (exact) mass is 329 g/mol. The number of hydrogen-bond donors (Lipinski definition) is 3. The van der Waals surface area contributed by atoms with E-state index in [1.165, 1.54) is 24.3 Å². The summed E-state index contributed by atoms with van der Waals surface area (Å²) in [5, 5.41) is 18.3. The first kappa shape index (κ1) is 16.9. The van der Waals surface area contributed by atoms with Gasteiger partial charge in [-0.2, -0.15) is 0 Å². The quantitative estimate of drug-likeness (QED) is 0.553. The Bertz CT molecular complexity index is 736. The van der Waals surface area contributed by atoms with Crippen molar-refractivity contribution in [2.75, 3.05) is 17.2 Å². The number of amides is 3. The Kier molecular flexibility index (Phi) is 5.78. The Morgan fingerprint density at radius 2 is 1.83 bits per heavy atom. The van der Waals surface area contributed by atoms with Crippen LogP contribution in [0.3, 0.4) is 0 Å². The van der Waals surface area contributed by atoms with E-state index in [2.05, 4.69) is 20.9 Å². The summed E-state index contributed by atoms with van der Waals surface area (Å²) in [4.78, 5) is 37.3. The number of benzene rings is 1. The number of carbonyl (C=O) groups excluding carboxylic acids is 2. The summed E-state index contributed by atoms with van der Waals surface area (Å²) in [6.07, 6.45) is 3.20. The van der Waals surface area contributed by atoms with E-state index in [-0.39, 0.29) is 24.6 Å². The Morgan fingerprint density at radius 3 is 2.54 bits per heavy atom. The molecule has 0 atom stereocenters. The van der Waals surface area contributed by atoms with Gasteiger partial charge in [-0.25, -0.2) is 4.79 Å². The molecule has 3 amide bonds. The molecule has 0 saturated heterocycles. The van der Waals surface area contributed by atoms with Gasteiger partial charge < -0.3 is 16.0 Å². The lowest BCUT2D eigenvalue weighted by atomic mass is 10.3. The fraction of sp³-hybridized carbons (Fsp3) is 0.133. The molecule has 2 rings (SSSR count). The summed E-state index contributed by atoms with van der Waals surface area (Å²) < 4.78 is 0. The van der Waals surface area contributed by atoms with Gasteiger partial charge in [0.2, 0.25) is 5.91 Å². The lowest BCUT2D eigenvalue weighted by molar-refractivity contribution is -0.384. The maximum atomic E-state index is 11.7. The summed E-state index contributed by atoms with van der Waals surface area (Å²) in [5.41, 5.74) is 0.795. The topological polar surface area (TPSA) is 126 Å². The zero-order valence-corrected chi connectivity index (χ0v) is 12.6. The molecule has 9 nitrogen and oxygen atoms in total. The minimum atomic E-state index is -0.549. The van der Waals surface area contributed by atoms with Gasteiger partial charge in [-0.1, -0.05) is 6.07 Å². The highest BCUT2D eigenvalue weighted by molar-refractivity contribution is 5.92. The SMILES string of the molecule is O=C(CCNC(=O)Nc1cccc([N+](=O)[O-])c1)Nc1ccncc1. The third-order valence-electron chi connectivity index (χ3n) is 2.92. The minimum Gasteiger partial charge on any atom is -0.337 e. The first-order valence-electron chi connectivity index (χ1n) is 7.04. The predicted octanol–water partition coefficient (Wildman–Crippen LogP) is 2.14. The number of nitro benzene ring substituents is 1. The maximum absolute atomic E-state index is 11.7. The second-order valence-corrected chi connectivity index (χ2v) is 4.72. The number of nitrogens with zero attached hydrogens (tertiary/aromatic N) is 2. The van der Waals surface area contributed by atoms with Crippen molar-refractivity contribution in [2.24, 2.45) is 0 Å². The van der Waals surface area contributed by atoms with E-state index in [1.54, 1.807) is 24.5 Å². The van der Waals surface area contributed by atoms with Gasteiger partial charge >= 0.3 is 6.03 Å². The predicted molar refractivity (Wildman–Crippen MR) is 87.6 cm³/mol. The standard InChI is InChI=1S/C15H15N5O4/c21-14(18-11-4-7-16-8-5-11)6-9-17-15(22)19-12-2-1-3-13(10-12)20(23)24/h1-5,7-8,10H,6,9H2,(H,16,18,21)(H2,17,19,22). The Morgan fingerprint density at radius 1 is 1.08 bits per heavy atom. The molecular weight excluding hydrogens is 314 g/mol. The number of anilines is 2. The molecule has 3 N–H and O–H groups in total. The van der Waals surface area contributed by atoms with Crippen LogP contribution in [-0.4, -0.2) is 28.4 Å². The highest BCUT2D eigenvalue weighted by Gasteiger charge is 2.08. The molecule has 9 heteroatoms. The molecule has 0 aliphatic carbocycles. The third-order valence-corrected chi connectivity index (χ3v) is 2.92. The van der Waals surface area contributed by atoms with Crippen molar-refractivity contribution in [3.8, 4) is 0 Å². The molecule has 0 saturated carbocycles. The number of rotatable bonds is 6. The molecular formula is C15H15N5O4. The second-order valence-electron chi connectivity index (χ2n) is 4.72. The van der Waals surface area contributed by atoms with E-state index >= 15 is 0 Å². The highest BCUT2D eigenvalue weighted by Crippen LogP contribution is 2.16. The van der Waals surface area contributed by atoms with E-state index < -0.39 is 11.0 Å². The van der Waals surface area contributed by atoms with Crippen molar-refractivity contribution in [2.45, 2.75) is 6.42 Å². The molecule has 0 unspecified atom stereocenters. The van der Waals surface area contributed by atoms with E-state index in [4.69, 9.17) is 0 Å². The van der Waals surface area contributed by atoms with Crippen LogP contribution in [0.2, 0.25) is 0 Å². The van der Waals surface area contributed by atoms with Crippen LogP contribution < -0.4 is 16.0 Å². The van der Waals surface area contributed by atoms with Crippen LogP contribution in [0.15, 0.2) is 48.8 Å². The van der Waals surface area contributed by atoms with Gasteiger partial charge in [-0.05, 0) is 18.2 Å². The molecule has 24 heavy (non-hydrogen) atoms. The van der Waals surface area contributed by atoms with Gasteiger partial charge in [0.25, 0.3) is 5.69 Å². The first-order valence-corrected chi connectivity index (χ1v) is 7.04. The van der Waals surface area contributed by atoms with Gasteiger partial charge in [-0.3, -0.25) is 19.9 Å². The molecule has 124 valence electrons. The van der Waals surface area contributed by atoms with Crippen LogP contribution in [0, 0.1) is 10.1 Å². The highest BCUT2D eigenvalue weighted by atomic mass is 16.6. The zero-order valence-electron chi connectivity index (χ0n) is 12.6. The second kappa shape index (κ2) is 8.22.